The zero-order chi connectivity index (χ0) is 15.2. The molecule has 3 N–H and O–H groups in total. The highest BCUT2D eigenvalue weighted by Gasteiger charge is 2.40. The van der Waals surface area contributed by atoms with Crippen LogP contribution >= 0.6 is 0 Å². The molecular weight excluding hydrogens is 258 g/mol. The molecule has 1 saturated carbocycles. The highest BCUT2D eigenvalue weighted by Crippen LogP contribution is 2.34. The van der Waals surface area contributed by atoms with E-state index in [1.807, 2.05) is 6.92 Å². The Kier molecular flexibility index (Phi) is 6.26. The van der Waals surface area contributed by atoms with Crippen LogP contribution in [0.2, 0.25) is 0 Å². The normalized spacial score (nSPS) is 18.2. The first-order valence-corrected chi connectivity index (χ1v) is 7.43. The smallest absolute Gasteiger partial charge is 0.315 e. The molecule has 0 aromatic heterocycles. The van der Waals surface area contributed by atoms with Crippen molar-refractivity contribution < 1.29 is 14.7 Å². The number of carbonyl (C=O) groups is 2. The Morgan fingerprint density at radius 2 is 1.90 bits per heavy atom. The van der Waals surface area contributed by atoms with E-state index in [9.17, 15) is 9.59 Å². The standard InChI is InChI=1S/C14H27N3O3/c1-4-17(5-2)10-11(3)15-13(20)16-14(7-6-8-14)9-12(18)19/h11H,4-10H2,1-3H3,(H,18,19)(H2,15,16,20). The molecule has 1 aliphatic rings. The van der Waals surface area contributed by atoms with E-state index in [1.54, 1.807) is 0 Å². The number of urea groups is 1. The van der Waals surface area contributed by atoms with Crippen molar-refractivity contribution in [2.75, 3.05) is 19.6 Å². The van der Waals surface area contributed by atoms with Crippen molar-refractivity contribution in [3.05, 3.63) is 0 Å². The molecule has 0 aromatic carbocycles. The molecule has 2 amide bonds. The summed E-state index contributed by atoms with van der Waals surface area (Å²) in [5.74, 6) is -0.860. The summed E-state index contributed by atoms with van der Waals surface area (Å²) in [5.41, 5.74) is -0.537. The Morgan fingerprint density at radius 3 is 2.30 bits per heavy atom. The van der Waals surface area contributed by atoms with Crippen LogP contribution in [0.15, 0.2) is 0 Å². The van der Waals surface area contributed by atoms with Crippen LogP contribution in [0.5, 0.6) is 0 Å². The summed E-state index contributed by atoms with van der Waals surface area (Å²) in [4.78, 5) is 25.1. The van der Waals surface area contributed by atoms with Gasteiger partial charge < -0.3 is 20.6 Å². The molecule has 0 aliphatic heterocycles. The second-order valence-corrected chi connectivity index (χ2v) is 5.69. The van der Waals surface area contributed by atoms with E-state index in [0.717, 1.165) is 38.9 Å². The third-order valence-electron chi connectivity index (χ3n) is 3.98. The number of carboxylic acids is 1. The van der Waals surface area contributed by atoms with Crippen LogP contribution in [0.25, 0.3) is 0 Å². The van der Waals surface area contributed by atoms with E-state index in [-0.39, 0.29) is 18.5 Å². The van der Waals surface area contributed by atoms with Crippen molar-refractivity contribution >= 4 is 12.0 Å². The molecule has 0 spiro atoms. The van der Waals surface area contributed by atoms with Crippen LogP contribution < -0.4 is 10.6 Å². The van der Waals surface area contributed by atoms with Crippen molar-refractivity contribution in [3.8, 4) is 0 Å². The van der Waals surface area contributed by atoms with Gasteiger partial charge in [-0.1, -0.05) is 13.8 Å². The number of hydrogen-bond donors (Lipinski definition) is 3. The first-order chi connectivity index (χ1) is 9.40. The van der Waals surface area contributed by atoms with Crippen LogP contribution in [0, 0.1) is 0 Å². The lowest BCUT2D eigenvalue weighted by atomic mass is 9.74. The van der Waals surface area contributed by atoms with Crippen LogP contribution in [0.1, 0.15) is 46.5 Å². The van der Waals surface area contributed by atoms with Crippen LogP contribution in [0.4, 0.5) is 4.79 Å². The summed E-state index contributed by atoms with van der Waals surface area (Å²) in [6.45, 7) is 8.84. The Balaban J connectivity index is 2.40. The number of carboxylic acid groups (broad SMARTS) is 1. The van der Waals surface area contributed by atoms with Crippen molar-refractivity contribution in [1.82, 2.24) is 15.5 Å². The van der Waals surface area contributed by atoms with E-state index in [4.69, 9.17) is 5.11 Å². The van der Waals surface area contributed by atoms with Crippen LogP contribution in [-0.2, 0) is 4.79 Å². The third-order valence-corrected chi connectivity index (χ3v) is 3.98. The topological polar surface area (TPSA) is 81.7 Å². The molecule has 116 valence electrons. The van der Waals surface area contributed by atoms with E-state index >= 15 is 0 Å². The summed E-state index contributed by atoms with van der Waals surface area (Å²) in [6, 6.07) is -0.220. The van der Waals surface area contributed by atoms with Gasteiger partial charge >= 0.3 is 12.0 Å². The van der Waals surface area contributed by atoms with Crippen molar-refractivity contribution in [2.24, 2.45) is 0 Å². The Hall–Kier alpha value is -1.30. The van der Waals surface area contributed by atoms with E-state index in [1.165, 1.54) is 0 Å². The average molecular weight is 285 g/mol. The second-order valence-electron chi connectivity index (χ2n) is 5.69. The van der Waals surface area contributed by atoms with Crippen molar-refractivity contribution in [3.63, 3.8) is 0 Å². The van der Waals surface area contributed by atoms with Gasteiger partial charge in [-0.3, -0.25) is 4.79 Å². The molecule has 0 saturated heterocycles. The minimum absolute atomic E-state index is 0.00481. The van der Waals surface area contributed by atoms with E-state index in [0.29, 0.717) is 0 Å². The van der Waals surface area contributed by atoms with Gasteiger partial charge in [0.15, 0.2) is 0 Å². The molecular formula is C14H27N3O3. The fourth-order valence-electron chi connectivity index (χ4n) is 2.65. The zero-order valence-corrected chi connectivity index (χ0v) is 12.7. The van der Waals surface area contributed by atoms with Crippen LogP contribution in [0.3, 0.4) is 0 Å². The predicted octanol–water partition coefficient (Wildman–Crippen LogP) is 1.41. The largest absolute Gasteiger partial charge is 0.481 e. The molecule has 0 heterocycles. The number of likely N-dealkylation sites (N-methyl/N-ethyl adjacent to an activating group) is 1. The maximum atomic E-state index is 12.0. The van der Waals surface area contributed by atoms with Gasteiger partial charge in [-0.25, -0.2) is 4.79 Å². The van der Waals surface area contributed by atoms with Gasteiger partial charge in [0.05, 0.1) is 12.0 Å². The summed E-state index contributed by atoms with van der Waals surface area (Å²) >= 11 is 0. The molecule has 1 rings (SSSR count). The van der Waals surface area contributed by atoms with Crippen molar-refractivity contribution in [1.29, 1.82) is 0 Å². The number of hydrogen-bond acceptors (Lipinski definition) is 3. The highest BCUT2D eigenvalue weighted by molar-refractivity contribution is 5.77. The molecule has 1 atom stereocenters. The number of rotatable bonds is 8. The summed E-state index contributed by atoms with van der Waals surface area (Å²) in [7, 11) is 0. The molecule has 0 aromatic rings. The minimum Gasteiger partial charge on any atom is -0.481 e. The fourth-order valence-corrected chi connectivity index (χ4v) is 2.65. The molecule has 0 bridgehead atoms. The molecule has 1 fully saturated rings. The van der Waals surface area contributed by atoms with E-state index < -0.39 is 11.5 Å². The second kappa shape index (κ2) is 7.47. The minimum atomic E-state index is -0.860. The molecule has 6 nitrogen and oxygen atoms in total. The highest BCUT2D eigenvalue weighted by atomic mass is 16.4. The SMILES string of the molecule is CCN(CC)CC(C)NC(=O)NC1(CC(=O)O)CCC1. The molecule has 6 heteroatoms. The number of amides is 2. The van der Waals surface area contributed by atoms with Gasteiger partial charge in [0.2, 0.25) is 0 Å². The maximum Gasteiger partial charge on any atom is 0.315 e. The van der Waals surface area contributed by atoms with Gasteiger partial charge in [-0.2, -0.15) is 0 Å². The number of aliphatic carboxylic acids is 1. The lowest BCUT2D eigenvalue weighted by Gasteiger charge is -2.41. The fraction of sp³-hybridized carbons (Fsp3) is 0.857. The summed E-state index contributed by atoms with van der Waals surface area (Å²) in [6.07, 6.45) is 2.47. The zero-order valence-electron chi connectivity index (χ0n) is 12.7. The van der Waals surface area contributed by atoms with Gasteiger partial charge in [0, 0.05) is 12.6 Å². The number of carbonyl (C=O) groups excluding carboxylic acids is 1. The summed E-state index contributed by atoms with van der Waals surface area (Å²) in [5, 5.41) is 14.7. The first-order valence-electron chi connectivity index (χ1n) is 7.43. The lowest BCUT2D eigenvalue weighted by Crippen LogP contribution is -2.59. The van der Waals surface area contributed by atoms with Gasteiger partial charge in [0.25, 0.3) is 0 Å². The molecule has 1 unspecified atom stereocenters. The average Bonchev–Trinajstić information content (AvgIpc) is 2.32. The monoisotopic (exact) mass is 285 g/mol. The first kappa shape index (κ1) is 16.8. The van der Waals surface area contributed by atoms with Gasteiger partial charge in [-0.05, 0) is 39.3 Å². The third kappa shape index (κ3) is 5.00. The Bertz CT molecular complexity index is 339. The molecule has 1 aliphatic carbocycles. The van der Waals surface area contributed by atoms with E-state index in [2.05, 4.69) is 29.4 Å². The predicted molar refractivity (Wildman–Crippen MR) is 77.8 cm³/mol. The number of nitrogens with zero attached hydrogens (tertiary/aromatic N) is 1. The van der Waals surface area contributed by atoms with Gasteiger partial charge in [0.1, 0.15) is 0 Å². The Labute approximate surface area is 120 Å². The molecule has 20 heavy (non-hydrogen) atoms. The number of nitrogens with one attached hydrogen (secondary N) is 2. The van der Waals surface area contributed by atoms with Crippen molar-refractivity contribution in [2.45, 2.75) is 58.0 Å². The molecule has 0 radical (unpaired) electrons. The van der Waals surface area contributed by atoms with Gasteiger partial charge in [-0.15, -0.1) is 0 Å². The quantitative estimate of drug-likeness (QED) is 0.630. The maximum absolute atomic E-state index is 12.0. The van der Waals surface area contributed by atoms with Crippen LogP contribution in [-0.4, -0.2) is 53.2 Å². The summed E-state index contributed by atoms with van der Waals surface area (Å²) < 4.78 is 0. The lowest BCUT2D eigenvalue weighted by molar-refractivity contribution is -0.139. The Morgan fingerprint density at radius 1 is 1.30 bits per heavy atom.